The number of hydrogen-bond acceptors (Lipinski definition) is 6. The Morgan fingerprint density at radius 2 is 1.30 bits per heavy atom. The highest BCUT2D eigenvalue weighted by atomic mass is 32.2. The van der Waals surface area contributed by atoms with Crippen molar-refractivity contribution in [3.63, 3.8) is 0 Å². The van der Waals surface area contributed by atoms with E-state index in [0.29, 0.717) is 11.6 Å². The normalized spacial score (nSPS) is 11.1. The summed E-state index contributed by atoms with van der Waals surface area (Å²) >= 11 is 0. The maximum Gasteiger partial charge on any atom is 0.238 e. The lowest BCUT2D eigenvalue weighted by atomic mass is 10.1. The predicted octanol–water partition coefficient (Wildman–Crippen LogP) is 4.28. The average molecular weight is 417 g/mol. The van der Waals surface area contributed by atoms with E-state index in [9.17, 15) is 8.42 Å². The van der Waals surface area contributed by atoms with Crippen molar-refractivity contribution < 1.29 is 8.42 Å². The molecule has 30 heavy (non-hydrogen) atoms. The van der Waals surface area contributed by atoms with Crippen LogP contribution in [-0.2, 0) is 10.0 Å². The minimum absolute atomic E-state index is 0.0481. The molecule has 3 aromatic carbocycles. The van der Waals surface area contributed by atoms with Gasteiger partial charge >= 0.3 is 0 Å². The van der Waals surface area contributed by atoms with E-state index in [0.717, 1.165) is 22.6 Å². The number of para-hydroxylation sites is 1. The van der Waals surface area contributed by atoms with Gasteiger partial charge < -0.3 is 10.6 Å². The number of benzene rings is 3. The monoisotopic (exact) mass is 417 g/mol. The Hall–Kier alpha value is -3.75. The van der Waals surface area contributed by atoms with Gasteiger partial charge in [0.1, 0.15) is 0 Å². The zero-order chi connectivity index (χ0) is 21.0. The molecule has 0 aliphatic carbocycles. The lowest BCUT2D eigenvalue weighted by Gasteiger charge is -2.09. The Kier molecular flexibility index (Phi) is 5.42. The topological polar surface area (TPSA) is 110 Å². The maximum absolute atomic E-state index is 11.4. The standard InChI is InChI=1S/C22H19N5O2S/c23-30(28,29)20-12-10-19(11-13-20)26-22-24-15-14-21(27-22)16-6-8-18(9-7-16)25-17-4-2-1-3-5-17/h1-15,25H,(H2,23,28,29)(H,24,26,27). The zero-order valence-electron chi connectivity index (χ0n) is 15.9. The van der Waals surface area contributed by atoms with E-state index >= 15 is 0 Å². The van der Waals surface area contributed by atoms with Gasteiger partial charge in [-0.25, -0.2) is 23.5 Å². The van der Waals surface area contributed by atoms with Gasteiger partial charge in [-0.3, -0.25) is 0 Å². The molecule has 0 atom stereocenters. The van der Waals surface area contributed by atoms with Gasteiger partial charge in [-0.15, -0.1) is 0 Å². The van der Waals surface area contributed by atoms with Gasteiger partial charge in [0.25, 0.3) is 0 Å². The van der Waals surface area contributed by atoms with Crippen molar-refractivity contribution in [2.45, 2.75) is 4.90 Å². The summed E-state index contributed by atoms with van der Waals surface area (Å²) in [5.41, 5.74) is 4.37. The van der Waals surface area contributed by atoms with Crippen molar-refractivity contribution in [2.75, 3.05) is 10.6 Å². The molecule has 4 rings (SSSR count). The van der Waals surface area contributed by atoms with Crippen LogP contribution >= 0.6 is 0 Å². The average Bonchev–Trinajstić information content (AvgIpc) is 2.75. The van der Waals surface area contributed by atoms with E-state index in [4.69, 9.17) is 5.14 Å². The van der Waals surface area contributed by atoms with Crippen LogP contribution in [0.2, 0.25) is 0 Å². The van der Waals surface area contributed by atoms with Crippen molar-refractivity contribution in [1.29, 1.82) is 0 Å². The Bertz CT molecular complexity index is 1240. The summed E-state index contributed by atoms with van der Waals surface area (Å²) in [5.74, 6) is 0.405. The quantitative estimate of drug-likeness (QED) is 0.432. The summed E-state index contributed by atoms with van der Waals surface area (Å²) in [5, 5.41) is 11.5. The molecule has 0 amide bonds. The van der Waals surface area contributed by atoms with Gasteiger partial charge in [0, 0.05) is 28.8 Å². The molecule has 0 radical (unpaired) electrons. The van der Waals surface area contributed by atoms with Crippen molar-refractivity contribution in [2.24, 2.45) is 5.14 Å². The SMILES string of the molecule is NS(=O)(=O)c1ccc(Nc2nccc(-c3ccc(Nc4ccccc4)cc3)n2)cc1. The van der Waals surface area contributed by atoms with Crippen LogP contribution < -0.4 is 15.8 Å². The Labute approximate surface area is 174 Å². The molecule has 0 fully saturated rings. The molecular weight excluding hydrogens is 398 g/mol. The largest absolute Gasteiger partial charge is 0.356 e. The lowest BCUT2D eigenvalue weighted by Crippen LogP contribution is -2.11. The first-order chi connectivity index (χ1) is 14.5. The minimum atomic E-state index is -3.72. The highest BCUT2D eigenvalue weighted by Crippen LogP contribution is 2.23. The molecule has 4 N–H and O–H groups in total. The van der Waals surface area contributed by atoms with Gasteiger partial charge in [0.2, 0.25) is 16.0 Å². The second-order valence-corrected chi connectivity index (χ2v) is 8.09. The molecule has 1 aromatic heterocycles. The molecule has 7 nitrogen and oxygen atoms in total. The number of primary sulfonamides is 1. The summed E-state index contributed by atoms with van der Waals surface area (Å²) in [4.78, 5) is 8.81. The molecule has 8 heteroatoms. The first-order valence-electron chi connectivity index (χ1n) is 9.13. The second kappa shape index (κ2) is 8.32. The van der Waals surface area contributed by atoms with Crippen LogP contribution in [0.3, 0.4) is 0 Å². The third kappa shape index (κ3) is 4.80. The number of rotatable bonds is 6. The maximum atomic E-state index is 11.4. The lowest BCUT2D eigenvalue weighted by molar-refractivity contribution is 0.598. The zero-order valence-corrected chi connectivity index (χ0v) is 16.7. The number of nitrogens with one attached hydrogen (secondary N) is 2. The van der Waals surface area contributed by atoms with Crippen molar-refractivity contribution in [3.8, 4) is 11.3 Å². The van der Waals surface area contributed by atoms with Crippen LogP contribution in [0.5, 0.6) is 0 Å². The van der Waals surface area contributed by atoms with Crippen LogP contribution in [0.15, 0.2) is 96.0 Å². The van der Waals surface area contributed by atoms with E-state index in [1.165, 1.54) is 12.1 Å². The fraction of sp³-hybridized carbons (Fsp3) is 0. The minimum Gasteiger partial charge on any atom is -0.356 e. The van der Waals surface area contributed by atoms with Gasteiger partial charge in [-0.05, 0) is 54.6 Å². The molecule has 0 saturated carbocycles. The number of anilines is 4. The van der Waals surface area contributed by atoms with E-state index in [1.54, 1.807) is 18.3 Å². The third-order valence-corrected chi connectivity index (χ3v) is 5.27. The van der Waals surface area contributed by atoms with Crippen LogP contribution in [0.4, 0.5) is 23.0 Å². The predicted molar refractivity (Wildman–Crippen MR) is 118 cm³/mol. The Balaban J connectivity index is 1.49. The molecule has 0 bridgehead atoms. The summed E-state index contributed by atoms with van der Waals surface area (Å²) in [6, 6.07) is 25.8. The summed E-state index contributed by atoms with van der Waals surface area (Å²) in [7, 11) is -3.72. The Morgan fingerprint density at radius 1 is 0.700 bits per heavy atom. The van der Waals surface area contributed by atoms with Crippen LogP contribution in [0.25, 0.3) is 11.3 Å². The van der Waals surface area contributed by atoms with E-state index in [2.05, 4.69) is 20.6 Å². The highest BCUT2D eigenvalue weighted by Gasteiger charge is 2.08. The highest BCUT2D eigenvalue weighted by molar-refractivity contribution is 7.89. The van der Waals surface area contributed by atoms with Crippen LogP contribution in [-0.4, -0.2) is 18.4 Å². The van der Waals surface area contributed by atoms with Crippen molar-refractivity contribution in [1.82, 2.24) is 9.97 Å². The van der Waals surface area contributed by atoms with Crippen LogP contribution in [0.1, 0.15) is 0 Å². The fourth-order valence-electron chi connectivity index (χ4n) is 2.85. The molecule has 150 valence electrons. The fourth-order valence-corrected chi connectivity index (χ4v) is 3.36. The van der Waals surface area contributed by atoms with E-state index in [1.807, 2.05) is 60.7 Å². The van der Waals surface area contributed by atoms with Crippen molar-refractivity contribution in [3.05, 3.63) is 91.1 Å². The summed E-state index contributed by atoms with van der Waals surface area (Å²) < 4.78 is 22.7. The number of nitrogens with zero attached hydrogens (tertiary/aromatic N) is 2. The first kappa shape index (κ1) is 19.6. The molecule has 0 aliphatic heterocycles. The van der Waals surface area contributed by atoms with Crippen molar-refractivity contribution >= 4 is 33.0 Å². The smallest absolute Gasteiger partial charge is 0.238 e. The van der Waals surface area contributed by atoms with E-state index in [-0.39, 0.29) is 4.90 Å². The number of nitrogens with two attached hydrogens (primary N) is 1. The van der Waals surface area contributed by atoms with Gasteiger partial charge in [-0.2, -0.15) is 0 Å². The molecular formula is C22H19N5O2S. The number of hydrogen-bond donors (Lipinski definition) is 3. The molecule has 4 aromatic rings. The number of aromatic nitrogens is 2. The molecule has 0 aliphatic rings. The van der Waals surface area contributed by atoms with Gasteiger partial charge in [0.15, 0.2) is 0 Å². The van der Waals surface area contributed by atoms with Crippen LogP contribution in [0, 0.1) is 0 Å². The van der Waals surface area contributed by atoms with Gasteiger partial charge in [-0.1, -0.05) is 30.3 Å². The van der Waals surface area contributed by atoms with Gasteiger partial charge in [0.05, 0.1) is 10.6 Å². The molecule has 0 spiro atoms. The summed E-state index contributed by atoms with van der Waals surface area (Å²) in [6.45, 7) is 0. The first-order valence-corrected chi connectivity index (χ1v) is 10.7. The summed E-state index contributed by atoms with van der Waals surface area (Å²) in [6.07, 6.45) is 1.67. The Morgan fingerprint density at radius 3 is 1.97 bits per heavy atom. The third-order valence-electron chi connectivity index (χ3n) is 4.34. The molecule has 0 saturated heterocycles. The molecule has 1 heterocycles. The molecule has 0 unspecified atom stereocenters. The van der Waals surface area contributed by atoms with E-state index < -0.39 is 10.0 Å². The second-order valence-electron chi connectivity index (χ2n) is 6.53. The number of sulfonamides is 1.